The molecule has 1 unspecified atom stereocenters. The number of nitrogens with one attached hydrogen (secondary N) is 1. The van der Waals surface area contributed by atoms with Crippen LogP contribution in [0.3, 0.4) is 0 Å². The van der Waals surface area contributed by atoms with Crippen LogP contribution in [-0.4, -0.2) is 67.1 Å². The summed E-state index contributed by atoms with van der Waals surface area (Å²) in [7, 11) is 3.03. The number of carboxylic acids is 1. The molecule has 202 valence electrons. The highest BCUT2D eigenvalue weighted by Gasteiger charge is 2.43. The Morgan fingerprint density at radius 1 is 0.949 bits per heavy atom. The van der Waals surface area contributed by atoms with Gasteiger partial charge in [-0.25, -0.2) is 9.59 Å². The van der Waals surface area contributed by atoms with Crippen LogP contribution >= 0.6 is 11.8 Å². The summed E-state index contributed by atoms with van der Waals surface area (Å²) >= 11 is 1.32. The van der Waals surface area contributed by atoms with Crippen LogP contribution in [0.2, 0.25) is 0 Å². The lowest BCUT2D eigenvalue weighted by Crippen LogP contribution is -2.47. The molecule has 0 bridgehead atoms. The number of methoxy groups -OCH3 is 2. The van der Waals surface area contributed by atoms with Gasteiger partial charge >= 0.3 is 12.1 Å². The van der Waals surface area contributed by atoms with Crippen molar-refractivity contribution in [3.8, 4) is 22.6 Å². The maximum Gasteiger partial charge on any atom is 0.407 e. The Kier molecular flexibility index (Phi) is 7.65. The first-order chi connectivity index (χ1) is 18.9. The molecule has 0 radical (unpaired) electrons. The summed E-state index contributed by atoms with van der Waals surface area (Å²) in [6.45, 7) is -0.299. The van der Waals surface area contributed by atoms with Crippen LogP contribution in [0.25, 0.3) is 11.1 Å². The summed E-state index contributed by atoms with van der Waals surface area (Å²) in [5, 5.41) is 11.7. The van der Waals surface area contributed by atoms with Crippen molar-refractivity contribution >= 4 is 29.7 Å². The molecule has 10 heteroatoms. The molecule has 1 aliphatic heterocycles. The van der Waals surface area contributed by atoms with E-state index >= 15 is 0 Å². The predicted octanol–water partition coefficient (Wildman–Crippen LogP) is 4.27. The Morgan fingerprint density at radius 2 is 1.62 bits per heavy atom. The van der Waals surface area contributed by atoms with E-state index in [0.717, 1.165) is 22.3 Å². The number of amides is 2. The van der Waals surface area contributed by atoms with E-state index in [1.807, 2.05) is 48.5 Å². The number of carboxylic acid groups (broad SMARTS) is 1. The summed E-state index contributed by atoms with van der Waals surface area (Å²) in [6, 6.07) is 20.1. The molecular formula is C29H28N2O7S. The lowest BCUT2D eigenvalue weighted by molar-refractivity contribution is -0.148. The number of rotatable bonds is 8. The number of carbonyl (C=O) groups is 3. The van der Waals surface area contributed by atoms with Crippen molar-refractivity contribution in [2.45, 2.75) is 17.3 Å². The molecular weight excluding hydrogens is 520 g/mol. The Morgan fingerprint density at radius 3 is 2.23 bits per heavy atom. The van der Waals surface area contributed by atoms with Gasteiger partial charge in [-0.05, 0) is 34.4 Å². The van der Waals surface area contributed by atoms with Crippen LogP contribution < -0.4 is 14.8 Å². The van der Waals surface area contributed by atoms with Crippen molar-refractivity contribution in [1.82, 2.24) is 10.2 Å². The second kappa shape index (κ2) is 11.3. The van der Waals surface area contributed by atoms with Crippen molar-refractivity contribution in [3.05, 3.63) is 83.4 Å². The van der Waals surface area contributed by atoms with E-state index in [1.54, 1.807) is 18.2 Å². The molecule has 3 aromatic rings. The fourth-order valence-electron chi connectivity index (χ4n) is 5.15. The standard InChI is InChI=1S/C29H28N2O7S/c1-36-17-11-12-22(25(13-17)37-2)27-31(24(16-39-27)28(33)34)26(32)14-30-29(35)38-15-23-20-9-5-3-7-18(20)19-8-4-6-10-21(19)23/h3-13,23-24,27H,14-16H2,1-2H3,(H,30,35)(H,33,34)/t24-,27?/m1/s1. The van der Waals surface area contributed by atoms with Gasteiger partial charge in [0.15, 0.2) is 0 Å². The summed E-state index contributed by atoms with van der Waals surface area (Å²) in [5.41, 5.74) is 5.03. The van der Waals surface area contributed by atoms with Gasteiger partial charge in [-0.2, -0.15) is 0 Å². The van der Waals surface area contributed by atoms with Gasteiger partial charge in [0.05, 0.1) is 14.2 Å². The van der Waals surface area contributed by atoms with Crippen molar-refractivity contribution in [2.24, 2.45) is 0 Å². The Balaban J connectivity index is 1.26. The smallest absolute Gasteiger partial charge is 0.407 e. The van der Waals surface area contributed by atoms with Gasteiger partial charge in [0.2, 0.25) is 5.91 Å². The largest absolute Gasteiger partial charge is 0.497 e. The SMILES string of the molecule is COc1ccc(C2SC[C@H](C(=O)O)N2C(=O)CNC(=O)OCC2c3ccccc3-c3ccccc32)c(OC)c1. The normalized spacial score (nSPS) is 17.7. The number of ether oxygens (including phenoxy) is 3. The molecule has 1 aliphatic carbocycles. The van der Waals surface area contributed by atoms with Crippen LogP contribution in [-0.2, 0) is 14.3 Å². The summed E-state index contributed by atoms with van der Waals surface area (Å²) in [5.74, 6) is -0.525. The van der Waals surface area contributed by atoms with E-state index in [9.17, 15) is 19.5 Å². The average Bonchev–Trinajstić information content (AvgIpc) is 3.54. The first-order valence-corrected chi connectivity index (χ1v) is 13.4. The topological polar surface area (TPSA) is 114 Å². The molecule has 2 aliphatic rings. The summed E-state index contributed by atoms with van der Waals surface area (Å²) < 4.78 is 16.3. The molecule has 3 aromatic carbocycles. The van der Waals surface area contributed by atoms with Crippen LogP contribution in [0.4, 0.5) is 4.79 Å². The van der Waals surface area contributed by atoms with E-state index < -0.39 is 35.9 Å². The zero-order valence-corrected chi connectivity index (χ0v) is 22.3. The summed E-state index contributed by atoms with van der Waals surface area (Å²) in [4.78, 5) is 39.1. The van der Waals surface area contributed by atoms with Gasteiger partial charge in [0.25, 0.3) is 0 Å². The zero-order valence-electron chi connectivity index (χ0n) is 21.5. The third kappa shape index (κ3) is 5.12. The highest BCUT2D eigenvalue weighted by atomic mass is 32.2. The van der Waals surface area contributed by atoms with E-state index in [4.69, 9.17) is 14.2 Å². The Hall–Kier alpha value is -4.18. The van der Waals surface area contributed by atoms with Crippen LogP contribution in [0.1, 0.15) is 28.0 Å². The minimum Gasteiger partial charge on any atom is -0.497 e. The van der Waals surface area contributed by atoms with Crippen molar-refractivity contribution < 1.29 is 33.7 Å². The van der Waals surface area contributed by atoms with Crippen LogP contribution in [0, 0.1) is 0 Å². The molecule has 2 amide bonds. The maximum atomic E-state index is 13.3. The third-order valence-corrected chi connectivity index (χ3v) is 8.31. The quantitative estimate of drug-likeness (QED) is 0.429. The number of hydrogen-bond donors (Lipinski definition) is 2. The number of benzene rings is 3. The first-order valence-electron chi connectivity index (χ1n) is 12.4. The van der Waals surface area contributed by atoms with Crippen molar-refractivity contribution in [1.29, 1.82) is 0 Å². The Labute approximate surface area is 230 Å². The van der Waals surface area contributed by atoms with Crippen LogP contribution in [0.15, 0.2) is 66.7 Å². The van der Waals surface area contributed by atoms with E-state index in [-0.39, 0.29) is 18.3 Å². The zero-order chi connectivity index (χ0) is 27.5. The monoisotopic (exact) mass is 548 g/mol. The molecule has 0 saturated carbocycles. The van der Waals surface area contributed by atoms with Gasteiger partial charge in [0, 0.05) is 23.3 Å². The molecule has 0 aromatic heterocycles. The maximum absolute atomic E-state index is 13.3. The molecule has 2 atom stereocenters. The van der Waals surface area contributed by atoms with Gasteiger partial charge < -0.3 is 29.5 Å². The number of nitrogens with zero attached hydrogens (tertiary/aromatic N) is 1. The van der Waals surface area contributed by atoms with Gasteiger partial charge in [-0.15, -0.1) is 11.8 Å². The number of fused-ring (bicyclic) bond motifs is 3. The molecule has 39 heavy (non-hydrogen) atoms. The molecule has 2 N–H and O–H groups in total. The van der Waals surface area contributed by atoms with E-state index in [0.29, 0.717) is 17.1 Å². The van der Waals surface area contributed by atoms with E-state index in [1.165, 1.54) is 30.9 Å². The molecule has 1 fully saturated rings. The predicted molar refractivity (Wildman–Crippen MR) is 146 cm³/mol. The lowest BCUT2D eigenvalue weighted by atomic mass is 9.98. The Bertz CT molecular complexity index is 1370. The lowest BCUT2D eigenvalue weighted by Gasteiger charge is -2.28. The number of carbonyl (C=O) groups excluding carboxylic acids is 2. The molecule has 9 nitrogen and oxygen atoms in total. The third-order valence-electron chi connectivity index (χ3n) is 7.01. The minimum absolute atomic E-state index is 0.108. The molecule has 5 rings (SSSR count). The first kappa shape index (κ1) is 26.4. The van der Waals surface area contributed by atoms with E-state index in [2.05, 4.69) is 5.32 Å². The van der Waals surface area contributed by atoms with Crippen LogP contribution in [0.5, 0.6) is 11.5 Å². The second-order valence-electron chi connectivity index (χ2n) is 9.13. The summed E-state index contributed by atoms with van der Waals surface area (Å²) in [6.07, 6.45) is -0.748. The number of hydrogen-bond acceptors (Lipinski definition) is 7. The fraction of sp³-hybridized carbons (Fsp3) is 0.276. The number of alkyl carbamates (subject to hydrolysis) is 1. The number of aliphatic carboxylic acids is 1. The van der Waals surface area contributed by atoms with Gasteiger partial charge in [-0.3, -0.25) is 4.79 Å². The van der Waals surface area contributed by atoms with Crippen molar-refractivity contribution in [2.75, 3.05) is 33.1 Å². The molecule has 1 saturated heterocycles. The highest BCUT2D eigenvalue weighted by Crippen LogP contribution is 2.46. The van der Waals surface area contributed by atoms with Gasteiger partial charge in [0.1, 0.15) is 36.1 Å². The number of thioether (sulfide) groups is 1. The minimum atomic E-state index is -1.12. The average molecular weight is 549 g/mol. The fourth-order valence-corrected chi connectivity index (χ4v) is 6.62. The highest BCUT2D eigenvalue weighted by molar-refractivity contribution is 7.99. The second-order valence-corrected chi connectivity index (χ2v) is 10.2. The molecule has 0 spiro atoms. The van der Waals surface area contributed by atoms with Crippen molar-refractivity contribution in [3.63, 3.8) is 0 Å². The molecule has 1 heterocycles. The van der Waals surface area contributed by atoms with Gasteiger partial charge in [-0.1, -0.05) is 48.5 Å².